The Hall–Kier alpha value is -1.69. The average Bonchev–Trinajstić information content (AvgIpc) is 2.56. The molecule has 2 fully saturated rings. The van der Waals surface area contributed by atoms with Crippen molar-refractivity contribution in [1.82, 2.24) is 14.9 Å². The van der Waals surface area contributed by atoms with E-state index in [4.69, 9.17) is 4.74 Å². The molecule has 22 heavy (non-hydrogen) atoms. The summed E-state index contributed by atoms with van der Waals surface area (Å²) in [6.45, 7) is 4.81. The maximum absolute atomic E-state index is 12.5. The number of hydrogen-bond donors (Lipinski definition) is 1. The molecule has 1 saturated heterocycles. The molecule has 0 unspecified atom stereocenters. The molecule has 1 saturated carbocycles. The van der Waals surface area contributed by atoms with Gasteiger partial charge in [-0.1, -0.05) is 0 Å². The molecule has 0 aromatic carbocycles. The lowest BCUT2D eigenvalue weighted by Gasteiger charge is -2.34. The molecule has 2 heterocycles. The Morgan fingerprint density at radius 3 is 2.64 bits per heavy atom. The number of aryl methyl sites for hydroxylation is 1. The summed E-state index contributed by atoms with van der Waals surface area (Å²) in [6.07, 6.45) is 5.54. The monoisotopic (exact) mass is 304 g/mol. The molecule has 1 aromatic heterocycles. The van der Waals surface area contributed by atoms with Crippen molar-refractivity contribution in [3.8, 4) is 0 Å². The Morgan fingerprint density at radius 2 is 1.95 bits per heavy atom. The largest absolute Gasteiger partial charge is 0.378 e. The van der Waals surface area contributed by atoms with Crippen molar-refractivity contribution in [3.63, 3.8) is 0 Å². The number of anilines is 1. The van der Waals surface area contributed by atoms with Gasteiger partial charge in [0.2, 0.25) is 5.91 Å². The summed E-state index contributed by atoms with van der Waals surface area (Å²) in [6, 6.07) is 2.37. The van der Waals surface area contributed by atoms with Crippen LogP contribution in [0.5, 0.6) is 0 Å². The first-order chi connectivity index (χ1) is 10.7. The number of amides is 1. The fourth-order valence-electron chi connectivity index (χ4n) is 3.27. The highest BCUT2D eigenvalue weighted by Crippen LogP contribution is 2.28. The van der Waals surface area contributed by atoms with Crippen molar-refractivity contribution in [2.24, 2.45) is 5.92 Å². The van der Waals surface area contributed by atoms with Gasteiger partial charge in [-0.3, -0.25) is 4.79 Å². The van der Waals surface area contributed by atoms with E-state index < -0.39 is 0 Å². The van der Waals surface area contributed by atoms with Crippen molar-refractivity contribution in [1.29, 1.82) is 0 Å². The van der Waals surface area contributed by atoms with Crippen LogP contribution in [0.25, 0.3) is 0 Å². The van der Waals surface area contributed by atoms with Crippen LogP contribution in [0.15, 0.2) is 12.4 Å². The Balaban J connectivity index is 1.48. The van der Waals surface area contributed by atoms with E-state index in [-0.39, 0.29) is 5.92 Å². The van der Waals surface area contributed by atoms with Gasteiger partial charge in [0.1, 0.15) is 12.1 Å². The number of aromatic nitrogens is 2. The van der Waals surface area contributed by atoms with Gasteiger partial charge in [0, 0.05) is 36.8 Å². The van der Waals surface area contributed by atoms with Gasteiger partial charge >= 0.3 is 0 Å². The topological polar surface area (TPSA) is 67.4 Å². The number of nitrogens with one attached hydrogen (secondary N) is 1. The van der Waals surface area contributed by atoms with E-state index in [9.17, 15) is 4.79 Å². The molecule has 1 aliphatic carbocycles. The minimum Gasteiger partial charge on any atom is -0.378 e. The summed E-state index contributed by atoms with van der Waals surface area (Å²) in [7, 11) is 0. The van der Waals surface area contributed by atoms with Crippen molar-refractivity contribution in [2.45, 2.75) is 38.6 Å². The van der Waals surface area contributed by atoms with E-state index in [0.717, 1.165) is 50.3 Å². The molecule has 1 N–H and O–H groups in total. The predicted octanol–water partition coefficient (Wildman–Crippen LogP) is 1.61. The summed E-state index contributed by atoms with van der Waals surface area (Å²) in [4.78, 5) is 22.8. The maximum Gasteiger partial charge on any atom is 0.225 e. The number of hydrogen-bond acceptors (Lipinski definition) is 5. The zero-order valence-corrected chi connectivity index (χ0v) is 13.1. The quantitative estimate of drug-likeness (QED) is 0.919. The van der Waals surface area contributed by atoms with Gasteiger partial charge in [0.25, 0.3) is 0 Å². The summed E-state index contributed by atoms with van der Waals surface area (Å²) in [5, 5.41) is 3.46. The first kappa shape index (κ1) is 15.2. The van der Waals surface area contributed by atoms with Crippen LogP contribution in [-0.2, 0) is 9.53 Å². The second-order valence-corrected chi connectivity index (χ2v) is 6.18. The first-order valence-corrected chi connectivity index (χ1v) is 8.14. The van der Waals surface area contributed by atoms with Gasteiger partial charge in [-0.15, -0.1) is 0 Å². The van der Waals surface area contributed by atoms with Crippen LogP contribution in [0.4, 0.5) is 5.82 Å². The molecule has 0 bridgehead atoms. The number of carbonyl (C=O) groups is 1. The summed E-state index contributed by atoms with van der Waals surface area (Å²) in [5.41, 5.74) is 0.966. The van der Waals surface area contributed by atoms with Crippen LogP contribution >= 0.6 is 0 Å². The molecule has 0 spiro atoms. The number of nitrogens with zero attached hydrogens (tertiary/aromatic N) is 3. The molecular weight excluding hydrogens is 280 g/mol. The molecule has 120 valence electrons. The third kappa shape index (κ3) is 3.74. The smallest absolute Gasteiger partial charge is 0.225 e. The molecule has 2 aliphatic rings. The van der Waals surface area contributed by atoms with Gasteiger partial charge in [0.05, 0.1) is 13.2 Å². The Labute approximate surface area is 131 Å². The third-order valence-electron chi connectivity index (χ3n) is 4.55. The van der Waals surface area contributed by atoms with Gasteiger partial charge in [-0.2, -0.15) is 0 Å². The van der Waals surface area contributed by atoms with Crippen molar-refractivity contribution < 1.29 is 9.53 Å². The molecule has 3 rings (SSSR count). The minimum absolute atomic E-state index is 0.184. The van der Waals surface area contributed by atoms with Crippen molar-refractivity contribution >= 4 is 11.7 Å². The molecule has 0 radical (unpaired) electrons. The minimum atomic E-state index is 0.184. The summed E-state index contributed by atoms with van der Waals surface area (Å²) < 4.78 is 5.31. The van der Waals surface area contributed by atoms with Crippen molar-refractivity contribution in [3.05, 3.63) is 18.1 Å². The van der Waals surface area contributed by atoms with E-state index in [1.54, 1.807) is 6.33 Å². The maximum atomic E-state index is 12.5. The molecule has 1 aromatic rings. The zero-order valence-electron chi connectivity index (χ0n) is 13.1. The number of rotatable bonds is 3. The van der Waals surface area contributed by atoms with E-state index in [2.05, 4.69) is 15.3 Å². The third-order valence-corrected chi connectivity index (χ3v) is 4.55. The Bertz CT molecular complexity index is 509. The second-order valence-electron chi connectivity index (χ2n) is 6.18. The fourth-order valence-corrected chi connectivity index (χ4v) is 3.27. The van der Waals surface area contributed by atoms with Gasteiger partial charge in [0.15, 0.2) is 0 Å². The van der Waals surface area contributed by atoms with Crippen LogP contribution < -0.4 is 5.32 Å². The molecule has 6 nitrogen and oxygen atoms in total. The molecule has 1 amide bonds. The summed E-state index contributed by atoms with van der Waals surface area (Å²) in [5.74, 6) is 1.39. The van der Waals surface area contributed by atoms with E-state index in [0.29, 0.717) is 25.2 Å². The lowest BCUT2D eigenvalue weighted by Crippen LogP contribution is -2.45. The number of morpholine rings is 1. The molecule has 6 heteroatoms. The highest BCUT2D eigenvalue weighted by atomic mass is 16.5. The Kier molecular flexibility index (Phi) is 4.87. The van der Waals surface area contributed by atoms with Crippen molar-refractivity contribution in [2.75, 3.05) is 31.6 Å². The lowest BCUT2D eigenvalue weighted by molar-refractivity contribution is -0.140. The fraction of sp³-hybridized carbons (Fsp3) is 0.688. The average molecular weight is 304 g/mol. The second kappa shape index (κ2) is 7.05. The lowest BCUT2D eigenvalue weighted by atomic mass is 9.85. The van der Waals surface area contributed by atoms with Gasteiger partial charge in [-0.25, -0.2) is 9.97 Å². The highest BCUT2D eigenvalue weighted by Gasteiger charge is 2.30. The van der Waals surface area contributed by atoms with Crippen LogP contribution in [0.2, 0.25) is 0 Å². The zero-order chi connectivity index (χ0) is 15.4. The van der Waals surface area contributed by atoms with Crippen LogP contribution in [0, 0.1) is 12.8 Å². The van der Waals surface area contributed by atoms with Crippen LogP contribution in [-0.4, -0.2) is 53.1 Å². The van der Waals surface area contributed by atoms with E-state index >= 15 is 0 Å². The SMILES string of the molecule is Cc1cc(NC2CCC(C(=O)N3CCOCC3)CC2)ncn1. The molecule has 1 aliphatic heterocycles. The molecular formula is C16H24N4O2. The van der Waals surface area contributed by atoms with E-state index in [1.807, 2.05) is 17.9 Å². The summed E-state index contributed by atoms with van der Waals surface area (Å²) >= 11 is 0. The normalized spacial score (nSPS) is 25.8. The first-order valence-electron chi connectivity index (χ1n) is 8.14. The highest BCUT2D eigenvalue weighted by molar-refractivity contribution is 5.79. The van der Waals surface area contributed by atoms with Crippen LogP contribution in [0.3, 0.4) is 0 Å². The van der Waals surface area contributed by atoms with Gasteiger partial charge < -0.3 is 15.0 Å². The predicted molar refractivity (Wildman–Crippen MR) is 83.5 cm³/mol. The van der Waals surface area contributed by atoms with E-state index in [1.165, 1.54) is 0 Å². The van der Waals surface area contributed by atoms with Gasteiger partial charge in [-0.05, 0) is 32.6 Å². The molecule has 0 atom stereocenters. The standard InChI is InChI=1S/C16H24N4O2/c1-12-10-15(18-11-17-12)19-14-4-2-13(3-5-14)16(21)20-6-8-22-9-7-20/h10-11,13-14H,2-9H2,1H3,(H,17,18,19). The number of ether oxygens (including phenoxy) is 1. The Morgan fingerprint density at radius 1 is 1.23 bits per heavy atom. The van der Waals surface area contributed by atoms with Crippen LogP contribution in [0.1, 0.15) is 31.4 Å². The number of carbonyl (C=O) groups excluding carboxylic acids is 1.